The fourth-order valence-corrected chi connectivity index (χ4v) is 0.577. The van der Waals surface area contributed by atoms with Crippen molar-refractivity contribution in [3.63, 3.8) is 0 Å². The molecule has 1 aromatic heterocycles. The van der Waals surface area contributed by atoms with Crippen LogP contribution in [0.2, 0.25) is 0 Å². The molecule has 0 fully saturated rings. The fourth-order valence-electron chi connectivity index (χ4n) is 0.577. The van der Waals surface area contributed by atoms with Gasteiger partial charge in [0.05, 0.1) is 0 Å². The Morgan fingerprint density at radius 3 is 3.00 bits per heavy atom. The molecule has 0 aromatic carbocycles. The Morgan fingerprint density at radius 2 is 2.56 bits per heavy atom. The van der Waals surface area contributed by atoms with Crippen LogP contribution in [0.25, 0.3) is 0 Å². The molecule has 9 heavy (non-hydrogen) atoms. The molecular weight excluding hydrogens is 114 g/mol. The van der Waals surface area contributed by atoms with Gasteiger partial charge < -0.3 is 4.98 Å². The number of aryl methyl sites for hydroxylation is 1. The minimum atomic E-state index is -2.32. The Labute approximate surface area is 57.8 Å². The quantitative estimate of drug-likeness (QED) is 0.552. The average molecular weight is 126 g/mol. The van der Waals surface area contributed by atoms with Crippen LogP contribution in [0.5, 0.6) is 0 Å². The summed E-state index contributed by atoms with van der Waals surface area (Å²) in [7, 11) is 0. The zero-order valence-corrected chi connectivity index (χ0v) is 5.06. The SMILES string of the molecule is [2H]C([2H])([2H])c1c(C)cc[nH]c1=O. The molecule has 0 aliphatic carbocycles. The van der Waals surface area contributed by atoms with E-state index in [9.17, 15) is 4.79 Å². The Hall–Kier alpha value is -1.05. The van der Waals surface area contributed by atoms with Gasteiger partial charge in [0, 0.05) is 15.9 Å². The highest BCUT2D eigenvalue weighted by Crippen LogP contribution is 1.95. The molecule has 1 heterocycles. The summed E-state index contributed by atoms with van der Waals surface area (Å²) in [6.07, 6.45) is 1.44. The van der Waals surface area contributed by atoms with Crippen LogP contribution in [0, 0.1) is 13.8 Å². The van der Waals surface area contributed by atoms with Crippen LogP contribution in [0.3, 0.4) is 0 Å². The van der Waals surface area contributed by atoms with Crippen molar-refractivity contribution in [1.82, 2.24) is 4.98 Å². The van der Waals surface area contributed by atoms with Gasteiger partial charge in [-0.3, -0.25) is 4.79 Å². The highest BCUT2D eigenvalue weighted by atomic mass is 16.1. The molecule has 0 saturated carbocycles. The smallest absolute Gasteiger partial charge is 0.251 e. The first-order chi connectivity index (χ1) is 5.43. The first-order valence-corrected chi connectivity index (χ1v) is 2.61. The van der Waals surface area contributed by atoms with E-state index in [1.165, 1.54) is 6.20 Å². The maximum atomic E-state index is 11.1. The Kier molecular flexibility index (Phi) is 0.730. The number of rotatable bonds is 0. The van der Waals surface area contributed by atoms with Crippen molar-refractivity contribution in [2.45, 2.75) is 13.8 Å². The van der Waals surface area contributed by atoms with Crippen LogP contribution < -0.4 is 5.56 Å². The molecule has 1 aromatic rings. The Bertz CT molecular complexity index is 339. The summed E-state index contributed by atoms with van der Waals surface area (Å²) in [5.74, 6) is 0. The number of H-pyrrole nitrogens is 1. The van der Waals surface area contributed by atoms with E-state index >= 15 is 0 Å². The highest BCUT2D eigenvalue weighted by molar-refractivity contribution is 5.19. The summed E-state index contributed by atoms with van der Waals surface area (Å²) in [6.45, 7) is -0.712. The van der Waals surface area contributed by atoms with Crippen LogP contribution in [0.15, 0.2) is 17.1 Å². The first kappa shape index (κ1) is 3.20. The van der Waals surface area contributed by atoms with E-state index < -0.39 is 12.4 Å². The van der Waals surface area contributed by atoms with Crippen molar-refractivity contribution in [2.75, 3.05) is 0 Å². The lowest BCUT2D eigenvalue weighted by Crippen LogP contribution is -2.08. The lowest BCUT2D eigenvalue weighted by atomic mass is 10.2. The monoisotopic (exact) mass is 126 g/mol. The minimum absolute atomic E-state index is 0.120. The van der Waals surface area contributed by atoms with Crippen molar-refractivity contribution in [2.24, 2.45) is 0 Å². The van der Waals surface area contributed by atoms with Gasteiger partial charge in [0.15, 0.2) is 0 Å². The molecule has 2 heteroatoms. The van der Waals surface area contributed by atoms with E-state index in [0.29, 0.717) is 5.56 Å². The molecular formula is C7H9NO. The third kappa shape index (κ3) is 1.02. The first-order valence-electron chi connectivity index (χ1n) is 4.11. The molecule has 1 rings (SSSR count). The van der Waals surface area contributed by atoms with Gasteiger partial charge in [-0.2, -0.15) is 0 Å². The third-order valence-corrected chi connectivity index (χ3v) is 1.17. The molecule has 0 aliphatic rings. The van der Waals surface area contributed by atoms with Crippen molar-refractivity contribution in [1.29, 1.82) is 0 Å². The number of nitrogens with one attached hydrogen (secondary N) is 1. The summed E-state index contributed by atoms with van der Waals surface area (Å²) in [6, 6.07) is 1.57. The van der Waals surface area contributed by atoms with Crippen molar-refractivity contribution in [3.05, 3.63) is 33.7 Å². The van der Waals surface area contributed by atoms with Crippen LogP contribution in [0.1, 0.15) is 15.2 Å². The zero-order valence-electron chi connectivity index (χ0n) is 8.06. The molecule has 0 spiro atoms. The molecule has 0 amide bonds. The minimum Gasteiger partial charge on any atom is -0.329 e. The van der Waals surface area contributed by atoms with E-state index in [-0.39, 0.29) is 5.56 Å². The van der Waals surface area contributed by atoms with Gasteiger partial charge >= 0.3 is 0 Å². The maximum Gasteiger partial charge on any atom is 0.251 e. The summed E-state index contributed by atoms with van der Waals surface area (Å²) < 4.78 is 21.2. The van der Waals surface area contributed by atoms with Gasteiger partial charge in [0.2, 0.25) is 0 Å². The second-order valence-corrected chi connectivity index (χ2v) is 1.86. The van der Waals surface area contributed by atoms with Gasteiger partial charge in [0.25, 0.3) is 5.56 Å². The number of aromatic nitrogens is 1. The summed E-state index contributed by atoms with van der Waals surface area (Å²) in [5, 5.41) is 0. The van der Waals surface area contributed by atoms with Crippen LogP contribution in [0.4, 0.5) is 0 Å². The van der Waals surface area contributed by atoms with Crippen LogP contribution >= 0.6 is 0 Å². The number of hydrogen-bond acceptors (Lipinski definition) is 1. The standard InChI is InChI=1S/C7H9NO/c1-5-3-4-8-7(9)6(5)2/h3-4H,1-2H3,(H,8,9)/i2D3. The maximum absolute atomic E-state index is 11.1. The van der Waals surface area contributed by atoms with E-state index in [2.05, 4.69) is 4.98 Å². The Balaban J connectivity index is 3.42. The average Bonchev–Trinajstić information content (AvgIpc) is 1.82. The van der Waals surface area contributed by atoms with Crippen LogP contribution in [-0.2, 0) is 0 Å². The topological polar surface area (TPSA) is 32.9 Å². The number of aromatic amines is 1. The summed E-state index contributed by atoms with van der Waals surface area (Å²) in [5.41, 5.74) is -0.154. The third-order valence-electron chi connectivity index (χ3n) is 1.17. The summed E-state index contributed by atoms with van der Waals surface area (Å²) >= 11 is 0. The lowest BCUT2D eigenvalue weighted by Gasteiger charge is -1.93. The number of pyridine rings is 1. The number of hydrogen-bond donors (Lipinski definition) is 1. The fraction of sp³-hybridized carbons (Fsp3) is 0.286. The normalized spacial score (nSPS) is 15.9. The molecule has 0 unspecified atom stereocenters. The van der Waals surface area contributed by atoms with E-state index in [0.717, 1.165) is 0 Å². The van der Waals surface area contributed by atoms with Crippen molar-refractivity contribution < 1.29 is 4.11 Å². The predicted molar refractivity (Wildman–Crippen MR) is 36.5 cm³/mol. The molecule has 0 saturated heterocycles. The van der Waals surface area contributed by atoms with Gasteiger partial charge in [-0.25, -0.2) is 0 Å². The van der Waals surface area contributed by atoms with Gasteiger partial charge in [-0.1, -0.05) is 0 Å². The molecule has 2 nitrogen and oxygen atoms in total. The van der Waals surface area contributed by atoms with Crippen molar-refractivity contribution in [3.8, 4) is 0 Å². The Morgan fingerprint density at radius 1 is 1.78 bits per heavy atom. The predicted octanol–water partition coefficient (Wildman–Crippen LogP) is 0.992. The molecule has 0 bridgehead atoms. The van der Waals surface area contributed by atoms with Crippen LogP contribution in [-0.4, -0.2) is 4.98 Å². The van der Waals surface area contributed by atoms with Crippen molar-refractivity contribution >= 4 is 0 Å². The summed E-state index contributed by atoms with van der Waals surface area (Å²) in [4.78, 5) is 13.4. The van der Waals surface area contributed by atoms with E-state index in [4.69, 9.17) is 4.11 Å². The second-order valence-electron chi connectivity index (χ2n) is 1.86. The van der Waals surface area contributed by atoms with Gasteiger partial charge in [-0.05, 0) is 25.4 Å². The van der Waals surface area contributed by atoms with Gasteiger partial charge in [-0.15, -0.1) is 0 Å². The molecule has 0 atom stereocenters. The molecule has 1 N–H and O–H groups in total. The van der Waals surface area contributed by atoms with E-state index in [1.807, 2.05) is 0 Å². The second kappa shape index (κ2) is 2.05. The van der Waals surface area contributed by atoms with Gasteiger partial charge in [0.1, 0.15) is 0 Å². The highest BCUT2D eigenvalue weighted by Gasteiger charge is 1.92. The molecule has 0 radical (unpaired) electrons. The molecule has 48 valence electrons. The molecule has 0 aliphatic heterocycles. The zero-order chi connectivity index (χ0) is 9.35. The lowest BCUT2D eigenvalue weighted by molar-refractivity contribution is 1.14. The van der Waals surface area contributed by atoms with E-state index in [1.54, 1.807) is 13.0 Å². The largest absolute Gasteiger partial charge is 0.329 e.